The molecular formula is C24H33O4P. The molecule has 0 heterocycles. The first kappa shape index (κ1) is 23.1. The van der Waals surface area contributed by atoms with E-state index >= 15 is 0 Å². The fraction of sp³-hybridized carbons (Fsp3) is 0.417. The third kappa shape index (κ3) is 7.29. The molecule has 0 radical (unpaired) electrons. The molecule has 5 heteroatoms. The first-order chi connectivity index (χ1) is 13.8. The summed E-state index contributed by atoms with van der Waals surface area (Å²) in [6.45, 7) is 10.5. The maximum absolute atomic E-state index is 13.1. The Morgan fingerprint density at radius 1 is 0.931 bits per heavy atom. The van der Waals surface area contributed by atoms with E-state index in [9.17, 15) is 4.57 Å². The van der Waals surface area contributed by atoms with Crippen LogP contribution in [0.15, 0.2) is 60.9 Å². The van der Waals surface area contributed by atoms with E-state index < -0.39 is 7.82 Å². The van der Waals surface area contributed by atoms with Gasteiger partial charge in [-0.1, -0.05) is 75.9 Å². The minimum Gasteiger partial charge on any atom is -0.394 e. The summed E-state index contributed by atoms with van der Waals surface area (Å²) in [5.74, 6) is 0.871. The van der Waals surface area contributed by atoms with Crippen molar-refractivity contribution >= 4 is 7.82 Å². The van der Waals surface area contributed by atoms with Gasteiger partial charge in [0.25, 0.3) is 0 Å². The van der Waals surface area contributed by atoms with Crippen LogP contribution >= 0.6 is 7.82 Å². The number of hydrogen-bond acceptors (Lipinski definition) is 4. The van der Waals surface area contributed by atoms with Gasteiger partial charge in [-0.15, -0.1) is 0 Å². The molecular weight excluding hydrogens is 383 g/mol. The first-order valence-electron chi connectivity index (χ1n) is 10.2. The standard InChI is InChI=1S/C24H33O4P/c1-6-8-9-18-24(4,5)21-12-16-23(17-13-21)28-29(25,26-19-7-2)27-22-14-10-20(3)11-15-22/h7,10-17,19H,6,8-9,18H2,1-5H3. The minimum absolute atomic E-state index is 0.0806. The number of rotatable bonds is 11. The largest absolute Gasteiger partial charge is 0.646 e. The summed E-state index contributed by atoms with van der Waals surface area (Å²) in [5.41, 5.74) is 2.39. The van der Waals surface area contributed by atoms with E-state index in [4.69, 9.17) is 13.6 Å². The van der Waals surface area contributed by atoms with Crippen molar-refractivity contribution in [1.82, 2.24) is 0 Å². The Morgan fingerprint density at radius 3 is 2.00 bits per heavy atom. The molecule has 0 amide bonds. The molecule has 0 aliphatic rings. The number of hydrogen-bond donors (Lipinski definition) is 0. The maximum Gasteiger partial charge on any atom is 0.646 e. The van der Waals surface area contributed by atoms with Crippen LogP contribution in [0.2, 0.25) is 0 Å². The fourth-order valence-corrected chi connectivity index (χ4v) is 4.14. The Hall–Kier alpha value is -2.19. The Labute approximate surface area is 175 Å². The van der Waals surface area contributed by atoms with E-state index in [-0.39, 0.29) is 5.41 Å². The van der Waals surface area contributed by atoms with E-state index in [2.05, 4.69) is 20.8 Å². The molecule has 4 nitrogen and oxygen atoms in total. The molecule has 0 saturated heterocycles. The van der Waals surface area contributed by atoms with Crippen LogP contribution < -0.4 is 9.05 Å². The van der Waals surface area contributed by atoms with Crippen molar-refractivity contribution in [3.8, 4) is 11.5 Å². The van der Waals surface area contributed by atoms with Gasteiger partial charge in [-0.25, -0.2) is 0 Å². The number of unbranched alkanes of at least 4 members (excludes halogenated alkanes) is 2. The van der Waals surface area contributed by atoms with Crippen LogP contribution in [0.3, 0.4) is 0 Å². The number of phosphoric acid groups is 1. The summed E-state index contributed by atoms with van der Waals surface area (Å²) in [5, 5.41) is 0. The average Bonchev–Trinajstić information content (AvgIpc) is 2.69. The van der Waals surface area contributed by atoms with Gasteiger partial charge in [0.2, 0.25) is 0 Å². The number of aryl methyl sites for hydroxylation is 1. The molecule has 158 valence electrons. The molecule has 0 aromatic heterocycles. The SMILES string of the molecule is CC=COP(=O)(Oc1ccc(C)cc1)Oc1ccc(C(C)(C)CCCCC)cc1. The number of benzene rings is 2. The van der Waals surface area contributed by atoms with Crippen LogP contribution in [0.5, 0.6) is 11.5 Å². The molecule has 29 heavy (non-hydrogen) atoms. The topological polar surface area (TPSA) is 44.8 Å². The first-order valence-corrected chi connectivity index (χ1v) is 11.7. The van der Waals surface area contributed by atoms with Crippen LogP contribution in [0, 0.1) is 6.92 Å². The second-order valence-electron chi connectivity index (χ2n) is 7.88. The lowest BCUT2D eigenvalue weighted by atomic mass is 9.80. The minimum atomic E-state index is -3.86. The van der Waals surface area contributed by atoms with Crippen LogP contribution in [0.4, 0.5) is 0 Å². The third-order valence-corrected chi connectivity index (χ3v) is 6.07. The van der Waals surface area contributed by atoms with Crippen molar-refractivity contribution in [2.45, 2.75) is 65.7 Å². The monoisotopic (exact) mass is 416 g/mol. The van der Waals surface area contributed by atoms with Crippen LogP contribution in [-0.4, -0.2) is 0 Å². The predicted molar refractivity (Wildman–Crippen MR) is 120 cm³/mol. The van der Waals surface area contributed by atoms with Crippen molar-refractivity contribution in [3.05, 3.63) is 72.0 Å². The summed E-state index contributed by atoms with van der Waals surface area (Å²) >= 11 is 0. The zero-order chi connectivity index (χ0) is 21.3. The summed E-state index contributed by atoms with van der Waals surface area (Å²) in [7, 11) is -3.86. The van der Waals surface area contributed by atoms with Gasteiger partial charge < -0.3 is 13.6 Å². The van der Waals surface area contributed by atoms with Crippen LogP contribution in [0.25, 0.3) is 0 Å². The molecule has 0 fully saturated rings. The summed E-state index contributed by atoms with van der Waals surface area (Å²) in [6.07, 6.45) is 7.74. The molecule has 2 aromatic rings. The summed E-state index contributed by atoms with van der Waals surface area (Å²) in [6, 6.07) is 14.9. The second kappa shape index (κ2) is 10.5. The van der Waals surface area contributed by atoms with Gasteiger partial charge in [0, 0.05) is 0 Å². The summed E-state index contributed by atoms with van der Waals surface area (Å²) < 4.78 is 29.7. The Balaban J connectivity index is 2.14. The third-order valence-electron chi connectivity index (χ3n) is 4.82. The molecule has 1 unspecified atom stereocenters. The molecule has 0 N–H and O–H groups in total. The quantitative estimate of drug-likeness (QED) is 0.212. The van der Waals surface area contributed by atoms with Crippen molar-refractivity contribution in [3.63, 3.8) is 0 Å². The van der Waals surface area contributed by atoms with E-state index in [1.807, 2.05) is 43.3 Å². The highest BCUT2D eigenvalue weighted by atomic mass is 31.2. The van der Waals surface area contributed by atoms with Crippen molar-refractivity contribution in [2.75, 3.05) is 0 Å². The van der Waals surface area contributed by atoms with Crippen molar-refractivity contribution < 1.29 is 18.1 Å². The maximum atomic E-state index is 13.1. The van der Waals surface area contributed by atoms with Crippen molar-refractivity contribution in [1.29, 1.82) is 0 Å². The van der Waals surface area contributed by atoms with Crippen LogP contribution in [-0.2, 0) is 14.5 Å². The number of phosphoric ester groups is 1. The Morgan fingerprint density at radius 2 is 1.48 bits per heavy atom. The molecule has 1 atom stereocenters. The van der Waals surface area contributed by atoms with Gasteiger partial charge in [-0.3, -0.25) is 0 Å². The zero-order valence-electron chi connectivity index (χ0n) is 18.2. The highest BCUT2D eigenvalue weighted by Gasteiger charge is 2.31. The normalized spacial score (nSPS) is 13.8. The molecule has 0 aliphatic heterocycles. The molecule has 0 spiro atoms. The molecule has 2 aromatic carbocycles. The van der Waals surface area contributed by atoms with Gasteiger partial charge in [0.05, 0.1) is 6.26 Å². The zero-order valence-corrected chi connectivity index (χ0v) is 19.1. The van der Waals surface area contributed by atoms with Gasteiger partial charge in [0.1, 0.15) is 11.5 Å². The lowest BCUT2D eigenvalue weighted by Gasteiger charge is -2.25. The highest BCUT2D eigenvalue weighted by Crippen LogP contribution is 2.50. The van der Waals surface area contributed by atoms with Gasteiger partial charge in [-0.05, 0) is 55.5 Å². The lowest BCUT2D eigenvalue weighted by Crippen LogP contribution is -2.16. The summed E-state index contributed by atoms with van der Waals surface area (Å²) in [4.78, 5) is 0. The second-order valence-corrected chi connectivity index (χ2v) is 9.35. The lowest BCUT2D eigenvalue weighted by molar-refractivity contribution is 0.273. The van der Waals surface area contributed by atoms with Gasteiger partial charge >= 0.3 is 7.82 Å². The fourth-order valence-electron chi connectivity index (χ4n) is 2.98. The molecule has 0 bridgehead atoms. The van der Waals surface area contributed by atoms with Gasteiger partial charge in [-0.2, -0.15) is 4.57 Å². The van der Waals surface area contributed by atoms with Crippen LogP contribution in [0.1, 0.15) is 64.5 Å². The van der Waals surface area contributed by atoms with E-state index in [0.717, 1.165) is 12.0 Å². The van der Waals surface area contributed by atoms with Gasteiger partial charge in [0.15, 0.2) is 0 Å². The smallest absolute Gasteiger partial charge is 0.394 e. The molecule has 0 saturated carbocycles. The van der Waals surface area contributed by atoms with E-state index in [0.29, 0.717) is 11.5 Å². The van der Waals surface area contributed by atoms with E-state index in [1.165, 1.54) is 31.1 Å². The Bertz CT molecular complexity index is 823. The highest BCUT2D eigenvalue weighted by molar-refractivity contribution is 7.49. The average molecular weight is 416 g/mol. The van der Waals surface area contributed by atoms with E-state index in [1.54, 1.807) is 25.1 Å². The molecule has 2 rings (SSSR count). The molecule has 0 aliphatic carbocycles. The van der Waals surface area contributed by atoms with Crippen molar-refractivity contribution in [2.24, 2.45) is 0 Å². The predicted octanol–water partition coefficient (Wildman–Crippen LogP) is 7.97. The Kier molecular flexibility index (Phi) is 8.40. The number of allylic oxidation sites excluding steroid dienone is 1.